The molecule has 20 heavy (non-hydrogen) atoms. The van der Waals surface area contributed by atoms with Crippen LogP contribution in [0.2, 0.25) is 5.15 Å². The lowest BCUT2D eigenvalue weighted by Crippen LogP contribution is -2.37. The van der Waals surface area contributed by atoms with E-state index >= 15 is 0 Å². The molecule has 0 spiro atoms. The van der Waals surface area contributed by atoms with E-state index in [0.717, 1.165) is 6.42 Å². The Morgan fingerprint density at radius 2 is 2.10 bits per heavy atom. The molecule has 116 valence electrons. The third-order valence-corrected chi connectivity index (χ3v) is 5.62. The number of sulfonamides is 1. The number of hydrogen-bond acceptors (Lipinski definition) is 4. The standard InChI is InChI=1S/C12H23ClN4O2S/c1-6-9(2)16(4)8-7-14-20(18,19)11-10(3)15-17(5)12(11)13/h9,14H,6-8H2,1-5H3. The average molecular weight is 323 g/mol. The van der Waals surface area contributed by atoms with E-state index in [0.29, 0.717) is 24.8 Å². The van der Waals surface area contributed by atoms with Crippen LogP contribution in [0.4, 0.5) is 0 Å². The van der Waals surface area contributed by atoms with Gasteiger partial charge in [0.25, 0.3) is 0 Å². The molecule has 0 aliphatic rings. The van der Waals surface area contributed by atoms with E-state index in [1.807, 2.05) is 7.05 Å². The van der Waals surface area contributed by atoms with Gasteiger partial charge < -0.3 is 4.90 Å². The summed E-state index contributed by atoms with van der Waals surface area (Å²) in [6.07, 6.45) is 1.02. The fourth-order valence-electron chi connectivity index (χ4n) is 1.88. The van der Waals surface area contributed by atoms with Crippen LogP contribution in [0.15, 0.2) is 4.90 Å². The van der Waals surface area contributed by atoms with Gasteiger partial charge in [0.05, 0.1) is 5.69 Å². The van der Waals surface area contributed by atoms with E-state index in [9.17, 15) is 8.42 Å². The van der Waals surface area contributed by atoms with E-state index < -0.39 is 10.0 Å². The zero-order chi connectivity index (χ0) is 15.5. The van der Waals surface area contributed by atoms with Crippen molar-refractivity contribution in [1.29, 1.82) is 0 Å². The zero-order valence-electron chi connectivity index (χ0n) is 12.6. The molecule has 0 radical (unpaired) electrons. The van der Waals surface area contributed by atoms with Crippen LogP contribution >= 0.6 is 11.6 Å². The van der Waals surface area contributed by atoms with Crippen molar-refractivity contribution in [3.05, 3.63) is 10.8 Å². The molecule has 1 rings (SSSR count). The van der Waals surface area contributed by atoms with Gasteiger partial charge in [0, 0.05) is 26.2 Å². The van der Waals surface area contributed by atoms with E-state index in [1.54, 1.807) is 14.0 Å². The second-order valence-electron chi connectivity index (χ2n) is 4.96. The molecule has 0 bridgehead atoms. The third kappa shape index (κ3) is 3.94. The van der Waals surface area contributed by atoms with Crippen LogP contribution in [0.3, 0.4) is 0 Å². The Bertz CT molecular complexity index is 556. The maximum atomic E-state index is 12.2. The fraction of sp³-hybridized carbons (Fsp3) is 0.750. The number of hydrogen-bond donors (Lipinski definition) is 1. The average Bonchev–Trinajstić information content (AvgIpc) is 2.62. The molecule has 1 N–H and O–H groups in total. The van der Waals surface area contributed by atoms with Gasteiger partial charge in [-0.1, -0.05) is 18.5 Å². The summed E-state index contributed by atoms with van der Waals surface area (Å²) in [4.78, 5) is 2.17. The summed E-state index contributed by atoms with van der Waals surface area (Å²) in [6, 6.07) is 0.420. The largest absolute Gasteiger partial charge is 0.302 e. The van der Waals surface area contributed by atoms with Gasteiger partial charge in [-0.15, -0.1) is 0 Å². The van der Waals surface area contributed by atoms with Crippen LogP contribution in [-0.2, 0) is 17.1 Å². The number of halogens is 1. The van der Waals surface area contributed by atoms with Gasteiger partial charge in [0.1, 0.15) is 10.0 Å². The molecule has 0 aromatic carbocycles. The molecule has 0 saturated heterocycles. The molecule has 1 heterocycles. The van der Waals surface area contributed by atoms with Crippen molar-refractivity contribution >= 4 is 21.6 Å². The highest BCUT2D eigenvalue weighted by atomic mass is 35.5. The Hall–Kier alpha value is -0.630. The lowest BCUT2D eigenvalue weighted by atomic mass is 10.2. The molecule has 1 unspecified atom stereocenters. The highest BCUT2D eigenvalue weighted by Gasteiger charge is 2.24. The second-order valence-corrected chi connectivity index (χ2v) is 7.03. The Morgan fingerprint density at radius 1 is 1.50 bits per heavy atom. The van der Waals surface area contributed by atoms with E-state index in [-0.39, 0.29) is 10.0 Å². The summed E-state index contributed by atoms with van der Waals surface area (Å²) in [6.45, 7) is 6.82. The summed E-state index contributed by atoms with van der Waals surface area (Å²) in [7, 11) is -0.0277. The predicted octanol–water partition coefficient (Wildman–Crippen LogP) is 1.39. The van der Waals surface area contributed by atoms with E-state index in [4.69, 9.17) is 11.6 Å². The summed E-state index contributed by atoms with van der Waals surface area (Å²) in [5.41, 5.74) is 0.403. The monoisotopic (exact) mass is 322 g/mol. The Labute approximate surface area is 126 Å². The minimum atomic E-state index is -3.62. The molecule has 0 amide bonds. The highest BCUT2D eigenvalue weighted by molar-refractivity contribution is 7.89. The molecule has 0 aliphatic carbocycles. The van der Waals surface area contributed by atoms with Gasteiger partial charge in [-0.2, -0.15) is 5.10 Å². The minimum absolute atomic E-state index is 0.0628. The van der Waals surface area contributed by atoms with Crippen molar-refractivity contribution in [2.24, 2.45) is 7.05 Å². The highest BCUT2D eigenvalue weighted by Crippen LogP contribution is 2.23. The molecule has 1 aromatic rings. The SMILES string of the molecule is CCC(C)N(C)CCNS(=O)(=O)c1c(C)nn(C)c1Cl. The Morgan fingerprint density at radius 3 is 2.55 bits per heavy atom. The Kier molecular flexibility index (Phi) is 6.00. The van der Waals surface area contributed by atoms with Gasteiger partial charge in [-0.05, 0) is 27.3 Å². The second kappa shape index (κ2) is 6.89. The molecular weight excluding hydrogens is 300 g/mol. The topological polar surface area (TPSA) is 67.2 Å². The third-order valence-electron chi connectivity index (χ3n) is 3.47. The van der Waals surface area contributed by atoms with Crippen LogP contribution < -0.4 is 4.72 Å². The first kappa shape index (κ1) is 17.4. The first-order valence-electron chi connectivity index (χ1n) is 6.59. The van der Waals surface area contributed by atoms with Crippen LogP contribution in [0, 0.1) is 6.92 Å². The van der Waals surface area contributed by atoms with Crippen LogP contribution in [-0.4, -0.2) is 49.3 Å². The van der Waals surface area contributed by atoms with Crippen molar-refractivity contribution in [3.63, 3.8) is 0 Å². The van der Waals surface area contributed by atoms with E-state index in [1.165, 1.54) is 4.68 Å². The summed E-state index contributed by atoms with van der Waals surface area (Å²) < 4.78 is 28.4. The zero-order valence-corrected chi connectivity index (χ0v) is 14.2. The molecule has 0 fully saturated rings. The van der Waals surface area contributed by atoms with Crippen molar-refractivity contribution < 1.29 is 8.42 Å². The molecule has 1 aromatic heterocycles. The van der Waals surface area contributed by atoms with Crippen molar-refractivity contribution in [2.75, 3.05) is 20.1 Å². The van der Waals surface area contributed by atoms with Crippen molar-refractivity contribution in [1.82, 2.24) is 19.4 Å². The number of aryl methyl sites for hydroxylation is 2. The van der Waals surface area contributed by atoms with Gasteiger partial charge in [0.2, 0.25) is 10.0 Å². The number of rotatable bonds is 7. The summed E-state index contributed by atoms with van der Waals surface area (Å²) >= 11 is 5.98. The molecule has 1 atom stereocenters. The van der Waals surface area contributed by atoms with Gasteiger partial charge >= 0.3 is 0 Å². The molecule has 0 aliphatic heterocycles. The molecule has 0 saturated carbocycles. The first-order chi connectivity index (χ1) is 9.20. The number of likely N-dealkylation sites (N-methyl/N-ethyl adjacent to an activating group) is 1. The molecular formula is C12H23ClN4O2S. The molecule has 6 nitrogen and oxygen atoms in total. The number of aromatic nitrogens is 2. The van der Waals surface area contributed by atoms with Crippen LogP contribution in [0.1, 0.15) is 26.0 Å². The molecule has 8 heteroatoms. The van der Waals surface area contributed by atoms with Gasteiger partial charge in [-0.25, -0.2) is 13.1 Å². The summed E-state index contributed by atoms with van der Waals surface area (Å²) in [5, 5.41) is 4.15. The lowest BCUT2D eigenvalue weighted by molar-refractivity contribution is 0.256. The van der Waals surface area contributed by atoms with Crippen LogP contribution in [0.25, 0.3) is 0 Å². The minimum Gasteiger partial charge on any atom is -0.302 e. The number of nitrogens with one attached hydrogen (secondary N) is 1. The first-order valence-corrected chi connectivity index (χ1v) is 8.45. The maximum Gasteiger partial charge on any atom is 0.245 e. The predicted molar refractivity (Wildman–Crippen MR) is 80.5 cm³/mol. The Balaban J connectivity index is 2.72. The van der Waals surface area contributed by atoms with Crippen molar-refractivity contribution in [3.8, 4) is 0 Å². The van der Waals surface area contributed by atoms with Crippen molar-refractivity contribution in [2.45, 2.75) is 38.1 Å². The smallest absolute Gasteiger partial charge is 0.245 e. The number of nitrogens with zero attached hydrogens (tertiary/aromatic N) is 3. The van der Waals surface area contributed by atoms with Gasteiger partial charge in [-0.3, -0.25) is 4.68 Å². The van der Waals surface area contributed by atoms with E-state index in [2.05, 4.69) is 28.6 Å². The maximum absolute atomic E-state index is 12.2. The van der Waals surface area contributed by atoms with Crippen LogP contribution in [0.5, 0.6) is 0 Å². The fourth-order valence-corrected chi connectivity index (χ4v) is 3.64. The lowest BCUT2D eigenvalue weighted by Gasteiger charge is -2.23. The quantitative estimate of drug-likeness (QED) is 0.824. The normalized spacial score (nSPS) is 13.9. The summed E-state index contributed by atoms with van der Waals surface area (Å²) in [5.74, 6) is 0. The van der Waals surface area contributed by atoms with Gasteiger partial charge in [0.15, 0.2) is 0 Å².